The van der Waals surface area contributed by atoms with E-state index in [1.807, 2.05) is 30.3 Å². The molecule has 0 saturated heterocycles. The Balaban J connectivity index is 1.74. The molecule has 1 aliphatic rings. The van der Waals surface area contributed by atoms with E-state index in [0.29, 0.717) is 16.1 Å². The van der Waals surface area contributed by atoms with Gasteiger partial charge in [-0.15, -0.1) is 11.3 Å². The zero-order valence-electron chi connectivity index (χ0n) is 16.4. The first-order chi connectivity index (χ1) is 14.1. The second kappa shape index (κ2) is 7.12. The number of aryl methyl sites for hydroxylation is 2. The van der Waals surface area contributed by atoms with Crippen LogP contribution in [0.5, 0.6) is 0 Å². The van der Waals surface area contributed by atoms with E-state index >= 15 is 0 Å². The number of carbonyl (C=O) groups excluding carboxylic acids is 1. The van der Waals surface area contributed by atoms with Crippen molar-refractivity contribution >= 4 is 33.0 Å². The molecule has 0 aliphatic heterocycles. The van der Waals surface area contributed by atoms with Crippen LogP contribution in [0, 0.1) is 6.92 Å². The lowest BCUT2D eigenvalue weighted by Crippen LogP contribution is -2.08. The van der Waals surface area contributed by atoms with Crippen molar-refractivity contribution in [1.29, 1.82) is 0 Å². The number of rotatable bonds is 3. The van der Waals surface area contributed by atoms with Crippen LogP contribution in [-0.4, -0.2) is 10.8 Å². The van der Waals surface area contributed by atoms with Gasteiger partial charge in [0.25, 0.3) is 0 Å². The highest BCUT2D eigenvalue weighted by Crippen LogP contribution is 2.42. The molecule has 0 saturated carbocycles. The number of thiophene rings is 1. The van der Waals surface area contributed by atoms with E-state index in [1.165, 1.54) is 34.4 Å². The summed E-state index contributed by atoms with van der Waals surface area (Å²) < 4.78 is 0. The first-order valence-corrected chi connectivity index (χ1v) is 10.9. The molecule has 3 nitrogen and oxygen atoms in total. The van der Waals surface area contributed by atoms with Crippen LogP contribution in [0.2, 0.25) is 0 Å². The van der Waals surface area contributed by atoms with Crippen LogP contribution >= 0.6 is 11.3 Å². The summed E-state index contributed by atoms with van der Waals surface area (Å²) in [5, 5.41) is 1.000. The summed E-state index contributed by atoms with van der Waals surface area (Å²) >= 11 is 1.43. The van der Waals surface area contributed by atoms with E-state index < -0.39 is 0 Å². The Hall–Kier alpha value is -2.98. The summed E-state index contributed by atoms with van der Waals surface area (Å²) in [4.78, 5) is 19.6. The van der Waals surface area contributed by atoms with Gasteiger partial charge in [-0.3, -0.25) is 4.79 Å². The summed E-state index contributed by atoms with van der Waals surface area (Å²) in [5.41, 5.74) is 13.8. The SMILES string of the molecule is Cc1ccc(-c2nc3sc(C(=O)c4ccccc4)c(N)c3c3c2CCCC3)cc1. The van der Waals surface area contributed by atoms with Gasteiger partial charge in [-0.05, 0) is 43.7 Å². The highest BCUT2D eigenvalue weighted by molar-refractivity contribution is 7.21. The van der Waals surface area contributed by atoms with Gasteiger partial charge < -0.3 is 5.73 Å². The van der Waals surface area contributed by atoms with Crippen LogP contribution < -0.4 is 5.73 Å². The van der Waals surface area contributed by atoms with Crippen molar-refractivity contribution in [2.45, 2.75) is 32.6 Å². The summed E-state index contributed by atoms with van der Waals surface area (Å²) in [6.07, 6.45) is 4.32. The average molecular weight is 399 g/mol. The number of nitrogens with zero attached hydrogens (tertiary/aromatic N) is 1. The van der Waals surface area contributed by atoms with Crippen LogP contribution in [0.15, 0.2) is 54.6 Å². The predicted octanol–water partition coefficient (Wildman–Crippen LogP) is 5.96. The minimum atomic E-state index is -0.0208. The molecule has 2 aromatic carbocycles. The lowest BCUT2D eigenvalue weighted by Gasteiger charge is -2.20. The topological polar surface area (TPSA) is 56.0 Å². The molecule has 4 heteroatoms. The van der Waals surface area contributed by atoms with Crippen LogP contribution in [0.4, 0.5) is 5.69 Å². The number of hydrogen-bond acceptors (Lipinski definition) is 4. The molecule has 4 aromatic rings. The summed E-state index contributed by atoms with van der Waals surface area (Å²) in [5.74, 6) is -0.0208. The number of benzene rings is 2. The predicted molar refractivity (Wildman–Crippen MR) is 121 cm³/mol. The Labute approximate surface area is 174 Å². The second-order valence-corrected chi connectivity index (χ2v) is 8.71. The van der Waals surface area contributed by atoms with Crippen molar-refractivity contribution in [2.75, 3.05) is 5.73 Å². The molecule has 1 aliphatic carbocycles. The van der Waals surface area contributed by atoms with E-state index in [-0.39, 0.29) is 5.78 Å². The molecule has 2 aromatic heterocycles. The molecular weight excluding hydrogens is 376 g/mol. The molecule has 2 heterocycles. The van der Waals surface area contributed by atoms with Crippen molar-refractivity contribution in [3.8, 4) is 11.3 Å². The number of ketones is 1. The molecule has 0 amide bonds. The third-order valence-electron chi connectivity index (χ3n) is 5.76. The highest BCUT2D eigenvalue weighted by Gasteiger charge is 2.26. The molecule has 29 heavy (non-hydrogen) atoms. The first-order valence-electron chi connectivity index (χ1n) is 10.0. The Bertz CT molecular complexity index is 1220. The first kappa shape index (κ1) is 18.1. The highest BCUT2D eigenvalue weighted by atomic mass is 32.1. The van der Waals surface area contributed by atoms with Gasteiger partial charge in [0.05, 0.1) is 11.4 Å². The molecule has 0 fully saturated rings. The summed E-state index contributed by atoms with van der Waals surface area (Å²) in [7, 11) is 0. The van der Waals surface area contributed by atoms with Crippen LogP contribution in [0.25, 0.3) is 21.5 Å². The van der Waals surface area contributed by atoms with Crippen molar-refractivity contribution in [3.05, 3.63) is 81.7 Å². The maximum Gasteiger partial charge on any atom is 0.205 e. The number of carbonyl (C=O) groups is 1. The van der Waals surface area contributed by atoms with Gasteiger partial charge in [-0.2, -0.15) is 0 Å². The number of nitrogens with two attached hydrogens (primary N) is 1. The molecule has 0 spiro atoms. The Morgan fingerprint density at radius 1 is 0.966 bits per heavy atom. The molecule has 144 valence electrons. The monoisotopic (exact) mass is 398 g/mol. The van der Waals surface area contributed by atoms with Gasteiger partial charge in [-0.1, -0.05) is 60.2 Å². The van der Waals surface area contributed by atoms with Crippen molar-refractivity contribution < 1.29 is 4.79 Å². The van der Waals surface area contributed by atoms with Crippen LogP contribution in [0.1, 0.15) is 44.8 Å². The third-order valence-corrected chi connectivity index (χ3v) is 6.86. The fourth-order valence-corrected chi connectivity index (χ4v) is 5.34. The number of anilines is 1. The molecule has 0 bridgehead atoms. The maximum absolute atomic E-state index is 13.1. The third kappa shape index (κ3) is 3.04. The number of pyridine rings is 1. The molecular formula is C25H22N2OS. The van der Waals surface area contributed by atoms with Gasteiger partial charge in [0.1, 0.15) is 9.71 Å². The van der Waals surface area contributed by atoms with Gasteiger partial charge >= 0.3 is 0 Å². The molecule has 0 radical (unpaired) electrons. The Kier molecular flexibility index (Phi) is 4.44. The van der Waals surface area contributed by atoms with E-state index in [4.69, 9.17) is 10.7 Å². The summed E-state index contributed by atoms with van der Waals surface area (Å²) in [6, 6.07) is 17.9. The molecule has 5 rings (SSSR count). The van der Waals surface area contributed by atoms with E-state index in [2.05, 4.69) is 31.2 Å². The minimum absolute atomic E-state index is 0.0208. The number of fused-ring (bicyclic) bond motifs is 3. The Morgan fingerprint density at radius 2 is 1.66 bits per heavy atom. The van der Waals surface area contributed by atoms with Gasteiger partial charge in [0.2, 0.25) is 5.78 Å². The molecule has 0 atom stereocenters. The summed E-state index contributed by atoms with van der Waals surface area (Å²) in [6.45, 7) is 2.09. The lowest BCUT2D eigenvalue weighted by molar-refractivity contribution is 0.104. The normalized spacial score (nSPS) is 13.4. The van der Waals surface area contributed by atoms with Gasteiger partial charge in [0.15, 0.2) is 0 Å². The quantitative estimate of drug-likeness (QED) is 0.433. The lowest BCUT2D eigenvalue weighted by atomic mass is 9.86. The zero-order valence-corrected chi connectivity index (χ0v) is 17.2. The zero-order chi connectivity index (χ0) is 20.0. The van der Waals surface area contributed by atoms with E-state index in [1.54, 1.807) is 0 Å². The number of hydrogen-bond donors (Lipinski definition) is 1. The fourth-order valence-electron chi connectivity index (χ4n) is 4.25. The Morgan fingerprint density at radius 3 is 2.38 bits per heavy atom. The average Bonchev–Trinajstić information content (AvgIpc) is 3.10. The second-order valence-electron chi connectivity index (χ2n) is 7.71. The number of nitrogen functional groups attached to an aromatic ring is 1. The van der Waals surface area contributed by atoms with Gasteiger partial charge in [-0.25, -0.2) is 4.98 Å². The van der Waals surface area contributed by atoms with Crippen LogP contribution in [0.3, 0.4) is 0 Å². The fraction of sp³-hybridized carbons (Fsp3) is 0.200. The van der Waals surface area contributed by atoms with Crippen LogP contribution in [-0.2, 0) is 12.8 Å². The van der Waals surface area contributed by atoms with Crippen molar-refractivity contribution in [2.24, 2.45) is 0 Å². The van der Waals surface area contributed by atoms with Crippen molar-refractivity contribution in [3.63, 3.8) is 0 Å². The molecule has 0 unspecified atom stereocenters. The maximum atomic E-state index is 13.1. The minimum Gasteiger partial charge on any atom is -0.397 e. The largest absolute Gasteiger partial charge is 0.397 e. The van der Waals surface area contributed by atoms with Gasteiger partial charge in [0, 0.05) is 16.5 Å². The number of aromatic nitrogens is 1. The van der Waals surface area contributed by atoms with E-state index in [0.717, 1.165) is 40.7 Å². The smallest absolute Gasteiger partial charge is 0.205 e. The molecule has 2 N–H and O–H groups in total. The standard InChI is InChI=1S/C25H22N2OS/c1-15-11-13-16(14-12-15)22-19-10-6-5-9-18(19)20-21(26)24(29-25(20)27-22)23(28)17-7-3-2-4-8-17/h2-4,7-8,11-14H,5-6,9-10,26H2,1H3. The van der Waals surface area contributed by atoms with Crippen molar-refractivity contribution in [1.82, 2.24) is 4.98 Å². The van der Waals surface area contributed by atoms with E-state index in [9.17, 15) is 4.79 Å².